The van der Waals surface area contributed by atoms with Gasteiger partial charge in [-0.1, -0.05) is 54.2 Å². The van der Waals surface area contributed by atoms with Crippen LogP contribution < -0.4 is 0 Å². The Bertz CT molecular complexity index is 1000. The predicted octanol–water partition coefficient (Wildman–Crippen LogP) is 3.06. The molecule has 0 spiro atoms. The van der Waals surface area contributed by atoms with Gasteiger partial charge in [-0.15, -0.1) is 10.2 Å². The van der Waals surface area contributed by atoms with Crippen molar-refractivity contribution < 1.29 is 9.18 Å². The number of carbonyl (C=O) groups is 1. The molecule has 4 rings (SSSR count). The fraction of sp³-hybridized carbons (Fsp3) is 0.318. The van der Waals surface area contributed by atoms with Gasteiger partial charge in [-0.05, 0) is 17.7 Å². The van der Waals surface area contributed by atoms with E-state index >= 15 is 0 Å². The van der Waals surface area contributed by atoms with E-state index in [4.69, 9.17) is 0 Å². The number of carbonyl (C=O) groups excluding carboxylic acids is 1. The van der Waals surface area contributed by atoms with Gasteiger partial charge in [0.05, 0.1) is 11.3 Å². The molecule has 2 heterocycles. The van der Waals surface area contributed by atoms with Gasteiger partial charge in [0.25, 0.3) is 0 Å². The number of benzene rings is 2. The molecule has 1 aliphatic heterocycles. The van der Waals surface area contributed by atoms with Crippen LogP contribution in [0.1, 0.15) is 5.56 Å². The summed E-state index contributed by atoms with van der Waals surface area (Å²) in [7, 11) is 1.79. The maximum absolute atomic E-state index is 14.0. The van der Waals surface area contributed by atoms with Crippen molar-refractivity contribution >= 4 is 17.7 Å². The first-order valence-corrected chi connectivity index (χ1v) is 10.9. The maximum Gasteiger partial charge on any atom is 0.233 e. The molecule has 1 amide bonds. The largest absolute Gasteiger partial charge is 0.339 e. The van der Waals surface area contributed by atoms with Crippen molar-refractivity contribution in [2.24, 2.45) is 7.05 Å². The Balaban J connectivity index is 1.29. The first kappa shape index (κ1) is 20.6. The lowest BCUT2D eigenvalue weighted by Crippen LogP contribution is -2.48. The Morgan fingerprint density at radius 3 is 2.43 bits per heavy atom. The van der Waals surface area contributed by atoms with Crippen LogP contribution in [0.5, 0.6) is 0 Å². The zero-order valence-electron chi connectivity index (χ0n) is 16.9. The van der Waals surface area contributed by atoms with Crippen molar-refractivity contribution in [3.8, 4) is 11.4 Å². The van der Waals surface area contributed by atoms with Crippen LogP contribution in [0.3, 0.4) is 0 Å². The number of amides is 1. The normalized spacial score (nSPS) is 14.8. The van der Waals surface area contributed by atoms with Crippen LogP contribution in [0.2, 0.25) is 0 Å². The number of halogens is 1. The number of hydrogen-bond donors (Lipinski definition) is 0. The van der Waals surface area contributed by atoms with Gasteiger partial charge in [0, 0.05) is 39.8 Å². The lowest BCUT2D eigenvalue weighted by molar-refractivity contribution is -0.130. The van der Waals surface area contributed by atoms with Crippen molar-refractivity contribution in [1.29, 1.82) is 0 Å². The predicted molar refractivity (Wildman–Crippen MR) is 115 cm³/mol. The van der Waals surface area contributed by atoms with Crippen LogP contribution in [0.25, 0.3) is 11.4 Å². The van der Waals surface area contributed by atoms with Crippen LogP contribution in [0.4, 0.5) is 4.39 Å². The summed E-state index contributed by atoms with van der Waals surface area (Å²) >= 11 is 1.34. The number of rotatable bonds is 6. The molecule has 0 unspecified atom stereocenters. The molecule has 1 aromatic heterocycles. The molecule has 1 saturated heterocycles. The minimum atomic E-state index is -0.339. The third-order valence-electron chi connectivity index (χ3n) is 5.25. The average Bonchev–Trinajstić information content (AvgIpc) is 3.14. The van der Waals surface area contributed by atoms with Crippen LogP contribution in [0, 0.1) is 5.82 Å². The molecule has 8 heteroatoms. The van der Waals surface area contributed by atoms with E-state index < -0.39 is 0 Å². The van der Waals surface area contributed by atoms with E-state index in [9.17, 15) is 9.18 Å². The quantitative estimate of drug-likeness (QED) is 0.568. The molecule has 3 aromatic rings. The van der Waals surface area contributed by atoms with E-state index in [1.165, 1.54) is 23.4 Å². The third kappa shape index (κ3) is 4.71. The van der Waals surface area contributed by atoms with Crippen molar-refractivity contribution in [2.45, 2.75) is 11.7 Å². The van der Waals surface area contributed by atoms with Gasteiger partial charge in [0.15, 0.2) is 11.0 Å². The Morgan fingerprint density at radius 2 is 1.70 bits per heavy atom. The van der Waals surface area contributed by atoms with Crippen LogP contribution in [-0.2, 0) is 18.4 Å². The molecule has 0 aliphatic carbocycles. The highest BCUT2D eigenvalue weighted by Crippen LogP contribution is 2.24. The topological polar surface area (TPSA) is 54.3 Å². The summed E-state index contributed by atoms with van der Waals surface area (Å²) in [6, 6.07) is 16.9. The molecule has 0 atom stereocenters. The summed E-state index contributed by atoms with van der Waals surface area (Å²) in [6.45, 7) is 4.10. The van der Waals surface area contributed by atoms with E-state index in [1.54, 1.807) is 29.8 Å². The first-order chi connectivity index (χ1) is 14.6. The zero-order chi connectivity index (χ0) is 20.9. The Labute approximate surface area is 179 Å². The molecule has 0 bridgehead atoms. The number of piperazine rings is 1. The molecule has 30 heavy (non-hydrogen) atoms. The maximum atomic E-state index is 14.0. The first-order valence-electron chi connectivity index (χ1n) is 9.93. The third-order valence-corrected chi connectivity index (χ3v) is 6.25. The molecule has 1 fully saturated rings. The second-order valence-corrected chi connectivity index (χ2v) is 8.22. The highest BCUT2D eigenvalue weighted by molar-refractivity contribution is 7.99. The van der Waals surface area contributed by atoms with E-state index in [2.05, 4.69) is 39.4 Å². The minimum Gasteiger partial charge on any atom is -0.339 e. The lowest BCUT2D eigenvalue weighted by atomic mass is 10.2. The van der Waals surface area contributed by atoms with E-state index in [1.807, 2.05) is 11.0 Å². The van der Waals surface area contributed by atoms with Crippen LogP contribution in [-0.4, -0.2) is 62.4 Å². The summed E-state index contributed by atoms with van der Waals surface area (Å²) < 4.78 is 15.8. The van der Waals surface area contributed by atoms with E-state index in [-0.39, 0.29) is 11.7 Å². The summed E-state index contributed by atoms with van der Waals surface area (Å²) in [5.41, 5.74) is 1.70. The van der Waals surface area contributed by atoms with Crippen LogP contribution in [0.15, 0.2) is 59.8 Å². The standard InChI is InChI=1S/C22H24FN5OS/c1-26-21(18-9-5-6-10-19(18)23)24-25-22(26)30-16-20(29)28-13-11-27(12-14-28)15-17-7-3-2-4-8-17/h2-10H,11-16H2,1H3. The van der Waals surface area contributed by atoms with Gasteiger partial charge in [0.2, 0.25) is 5.91 Å². The van der Waals surface area contributed by atoms with Gasteiger partial charge in [0.1, 0.15) is 5.82 Å². The summed E-state index contributed by atoms with van der Waals surface area (Å²) in [6.07, 6.45) is 0. The Kier molecular flexibility index (Phi) is 6.44. The number of hydrogen-bond acceptors (Lipinski definition) is 5. The monoisotopic (exact) mass is 425 g/mol. The fourth-order valence-electron chi connectivity index (χ4n) is 3.53. The molecule has 6 nitrogen and oxygen atoms in total. The molecule has 0 saturated carbocycles. The number of nitrogens with zero attached hydrogens (tertiary/aromatic N) is 5. The average molecular weight is 426 g/mol. The lowest BCUT2D eigenvalue weighted by Gasteiger charge is -2.34. The highest BCUT2D eigenvalue weighted by atomic mass is 32.2. The molecule has 1 aliphatic rings. The molecule has 2 aromatic carbocycles. The van der Waals surface area contributed by atoms with Gasteiger partial charge in [-0.25, -0.2) is 4.39 Å². The Morgan fingerprint density at radius 1 is 1.00 bits per heavy atom. The van der Waals surface area contributed by atoms with E-state index in [0.717, 1.165) is 32.7 Å². The molecular weight excluding hydrogens is 401 g/mol. The molecular formula is C22H24FN5OS. The summed E-state index contributed by atoms with van der Waals surface area (Å²) in [4.78, 5) is 16.9. The van der Waals surface area contributed by atoms with Crippen molar-refractivity contribution in [2.75, 3.05) is 31.9 Å². The van der Waals surface area contributed by atoms with Gasteiger partial charge in [-0.3, -0.25) is 9.69 Å². The fourth-order valence-corrected chi connectivity index (χ4v) is 4.35. The molecule has 156 valence electrons. The minimum absolute atomic E-state index is 0.0924. The molecule has 0 radical (unpaired) electrons. The second kappa shape index (κ2) is 9.40. The van der Waals surface area contributed by atoms with Crippen LogP contribution >= 0.6 is 11.8 Å². The smallest absolute Gasteiger partial charge is 0.233 e. The van der Waals surface area contributed by atoms with Crippen molar-refractivity contribution in [3.63, 3.8) is 0 Å². The highest BCUT2D eigenvalue weighted by Gasteiger charge is 2.22. The van der Waals surface area contributed by atoms with Crippen molar-refractivity contribution in [3.05, 3.63) is 66.0 Å². The molecule has 0 N–H and O–H groups in total. The number of thioether (sulfide) groups is 1. The van der Waals surface area contributed by atoms with Crippen molar-refractivity contribution in [1.82, 2.24) is 24.6 Å². The van der Waals surface area contributed by atoms with Gasteiger partial charge in [-0.2, -0.15) is 0 Å². The zero-order valence-corrected chi connectivity index (χ0v) is 17.7. The van der Waals surface area contributed by atoms with E-state index in [0.29, 0.717) is 22.3 Å². The summed E-state index contributed by atoms with van der Waals surface area (Å²) in [5.74, 6) is 0.503. The second-order valence-electron chi connectivity index (χ2n) is 7.28. The number of aromatic nitrogens is 3. The SMILES string of the molecule is Cn1c(SCC(=O)N2CCN(Cc3ccccc3)CC2)nnc1-c1ccccc1F. The summed E-state index contributed by atoms with van der Waals surface area (Å²) in [5, 5.41) is 8.85. The van der Waals surface area contributed by atoms with Gasteiger partial charge < -0.3 is 9.47 Å². The Hall–Kier alpha value is -2.71. The van der Waals surface area contributed by atoms with Gasteiger partial charge >= 0.3 is 0 Å².